The van der Waals surface area contributed by atoms with Crippen molar-refractivity contribution in [1.29, 1.82) is 0 Å². The molecule has 0 saturated carbocycles. The standard InChI is InChI=1S/C16H21NOS/c1-12(8-9-18)19-11-16(17)15-7-6-13-4-2-3-5-14(13)10-15/h2-7,10,12,16,18H,8-9,11,17H2,1H3. The van der Waals surface area contributed by atoms with Gasteiger partial charge < -0.3 is 10.8 Å². The van der Waals surface area contributed by atoms with Gasteiger partial charge in [0.1, 0.15) is 0 Å². The van der Waals surface area contributed by atoms with Crippen LogP contribution in [0.2, 0.25) is 0 Å². The lowest BCUT2D eigenvalue weighted by Gasteiger charge is -2.15. The van der Waals surface area contributed by atoms with Crippen molar-refractivity contribution in [2.75, 3.05) is 12.4 Å². The van der Waals surface area contributed by atoms with E-state index in [1.165, 1.54) is 16.3 Å². The molecule has 0 aliphatic rings. The minimum absolute atomic E-state index is 0.0516. The SMILES string of the molecule is CC(CCO)SCC(N)c1ccc2ccccc2c1. The summed E-state index contributed by atoms with van der Waals surface area (Å²) < 4.78 is 0. The fourth-order valence-corrected chi connectivity index (χ4v) is 3.07. The maximum absolute atomic E-state index is 8.89. The van der Waals surface area contributed by atoms with E-state index in [1.54, 1.807) is 0 Å². The number of benzene rings is 2. The molecular weight excluding hydrogens is 254 g/mol. The summed E-state index contributed by atoms with van der Waals surface area (Å²) in [6.45, 7) is 2.38. The van der Waals surface area contributed by atoms with Crippen LogP contribution in [-0.2, 0) is 0 Å². The normalized spacial score (nSPS) is 14.5. The van der Waals surface area contributed by atoms with Crippen LogP contribution in [0.25, 0.3) is 10.8 Å². The van der Waals surface area contributed by atoms with Crippen molar-refractivity contribution < 1.29 is 5.11 Å². The zero-order valence-corrected chi connectivity index (χ0v) is 12.1. The van der Waals surface area contributed by atoms with Crippen molar-refractivity contribution in [2.45, 2.75) is 24.6 Å². The number of hydrogen-bond donors (Lipinski definition) is 2. The third-order valence-corrected chi connectivity index (χ3v) is 4.65. The average molecular weight is 275 g/mol. The van der Waals surface area contributed by atoms with Crippen molar-refractivity contribution in [3.8, 4) is 0 Å². The largest absolute Gasteiger partial charge is 0.396 e. The quantitative estimate of drug-likeness (QED) is 0.850. The zero-order chi connectivity index (χ0) is 13.7. The molecule has 0 spiro atoms. The first-order valence-corrected chi connectivity index (χ1v) is 7.72. The third-order valence-electron chi connectivity index (χ3n) is 3.30. The second-order valence-electron chi connectivity index (χ2n) is 4.87. The molecule has 2 aromatic carbocycles. The predicted molar refractivity (Wildman–Crippen MR) is 84.5 cm³/mol. The highest BCUT2D eigenvalue weighted by Crippen LogP contribution is 2.24. The van der Waals surface area contributed by atoms with Crippen LogP contribution >= 0.6 is 11.8 Å². The molecule has 0 saturated heterocycles. The zero-order valence-electron chi connectivity index (χ0n) is 11.3. The molecule has 3 N–H and O–H groups in total. The highest BCUT2D eigenvalue weighted by molar-refractivity contribution is 7.99. The lowest BCUT2D eigenvalue weighted by atomic mass is 10.0. The van der Waals surface area contributed by atoms with Gasteiger partial charge in [-0.15, -0.1) is 0 Å². The number of rotatable bonds is 6. The molecule has 2 aromatic rings. The Kier molecular flexibility index (Phi) is 5.25. The fourth-order valence-electron chi connectivity index (χ4n) is 2.07. The maximum atomic E-state index is 8.89. The predicted octanol–water partition coefficient (Wildman–Crippen LogP) is 3.34. The summed E-state index contributed by atoms with van der Waals surface area (Å²) in [6.07, 6.45) is 0.828. The number of aliphatic hydroxyl groups excluding tert-OH is 1. The molecule has 2 nitrogen and oxygen atoms in total. The Morgan fingerprint density at radius 3 is 2.63 bits per heavy atom. The summed E-state index contributed by atoms with van der Waals surface area (Å²) in [7, 11) is 0. The summed E-state index contributed by atoms with van der Waals surface area (Å²) in [5, 5.41) is 11.8. The average Bonchev–Trinajstić information content (AvgIpc) is 2.44. The molecule has 0 heterocycles. The summed E-state index contributed by atoms with van der Waals surface area (Å²) in [5.74, 6) is 0.888. The molecule has 2 rings (SSSR count). The molecule has 0 radical (unpaired) electrons. The van der Waals surface area contributed by atoms with Crippen molar-refractivity contribution in [2.24, 2.45) is 5.73 Å². The number of nitrogens with two attached hydrogens (primary N) is 1. The van der Waals surface area contributed by atoms with Gasteiger partial charge in [-0.1, -0.05) is 43.3 Å². The van der Waals surface area contributed by atoms with Gasteiger partial charge >= 0.3 is 0 Å². The number of fused-ring (bicyclic) bond motifs is 1. The maximum Gasteiger partial charge on any atom is 0.0441 e. The summed E-state index contributed by atoms with van der Waals surface area (Å²) in [4.78, 5) is 0. The second kappa shape index (κ2) is 6.94. The van der Waals surface area contributed by atoms with E-state index in [9.17, 15) is 0 Å². The molecular formula is C16H21NOS. The molecule has 0 bridgehead atoms. The van der Waals surface area contributed by atoms with Crippen LogP contribution in [0.1, 0.15) is 24.9 Å². The molecule has 0 fully saturated rings. The molecule has 102 valence electrons. The monoisotopic (exact) mass is 275 g/mol. The van der Waals surface area contributed by atoms with Crippen LogP contribution in [0.5, 0.6) is 0 Å². The molecule has 2 atom stereocenters. The van der Waals surface area contributed by atoms with Gasteiger partial charge in [-0.2, -0.15) is 11.8 Å². The van der Waals surface area contributed by atoms with Gasteiger partial charge in [0.2, 0.25) is 0 Å². The van der Waals surface area contributed by atoms with E-state index in [4.69, 9.17) is 10.8 Å². The Balaban J connectivity index is 2.02. The van der Waals surface area contributed by atoms with Gasteiger partial charge in [0.25, 0.3) is 0 Å². The van der Waals surface area contributed by atoms with Gasteiger partial charge in [-0.05, 0) is 28.8 Å². The van der Waals surface area contributed by atoms with Gasteiger partial charge in [0.15, 0.2) is 0 Å². The fraction of sp³-hybridized carbons (Fsp3) is 0.375. The molecule has 0 aliphatic carbocycles. The van der Waals surface area contributed by atoms with Gasteiger partial charge in [0.05, 0.1) is 0 Å². The minimum atomic E-state index is 0.0516. The van der Waals surface area contributed by atoms with Crippen molar-refractivity contribution >= 4 is 22.5 Å². The van der Waals surface area contributed by atoms with E-state index < -0.39 is 0 Å². The van der Waals surface area contributed by atoms with E-state index in [0.717, 1.165) is 12.2 Å². The Morgan fingerprint density at radius 1 is 1.16 bits per heavy atom. The van der Waals surface area contributed by atoms with Gasteiger partial charge in [-0.3, -0.25) is 0 Å². The highest BCUT2D eigenvalue weighted by atomic mass is 32.2. The van der Waals surface area contributed by atoms with Crippen molar-refractivity contribution in [1.82, 2.24) is 0 Å². The molecule has 0 amide bonds. The van der Waals surface area contributed by atoms with Crippen LogP contribution in [0.3, 0.4) is 0 Å². The summed E-state index contributed by atoms with van der Waals surface area (Å²) in [6, 6.07) is 14.8. The van der Waals surface area contributed by atoms with Gasteiger partial charge in [-0.25, -0.2) is 0 Å². The molecule has 3 heteroatoms. The summed E-state index contributed by atoms with van der Waals surface area (Å²) in [5.41, 5.74) is 7.43. The van der Waals surface area contributed by atoms with Crippen molar-refractivity contribution in [3.05, 3.63) is 48.0 Å². The Bertz CT molecular complexity index is 529. The van der Waals surface area contributed by atoms with Crippen LogP contribution < -0.4 is 5.73 Å². The van der Waals surface area contributed by atoms with Crippen molar-refractivity contribution in [3.63, 3.8) is 0 Å². The first-order valence-electron chi connectivity index (χ1n) is 6.67. The van der Waals surface area contributed by atoms with E-state index in [0.29, 0.717) is 5.25 Å². The molecule has 0 aromatic heterocycles. The van der Waals surface area contributed by atoms with Crippen LogP contribution in [0, 0.1) is 0 Å². The minimum Gasteiger partial charge on any atom is -0.396 e. The van der Waals surface area contributed by atoms with Crippen LogP contribution in [0.4, 0.5) is 0 Å². The van der Waals surface area contributed by atoms with E-state index in [1.807, 2.05) is 17.8 Å². The van der Waals surface area contributed by atoms with E-state index in [-0.39, 0.29) is 12.6 Å². The third kappa shape index (κ3) is 3.96. The van der Waals surface area contributed by atoms with Gasteiger partial charge in [0, 0.05) is 23.7 Å². The Hall–Kier alpha value is -1.03. The molecule has 2 unspecified atom stereocenters. The van der Waals surface area contributed by atoms with Crippen LogP contribution in [0.15, 0.2) is 42.5 Å². The number of aliphatic hydroxyl groups is 1. The summed E-state index contributed by atoms with van der Waals surface area (Å²) >= 11 is 1.82. The number of hydrogen-bond acceptors (Lipinski definition) is 3. The van der Waals surface area contributed by atoms with E-state index in [2.05, 4.69) is 43.3 Å². The Labute approximate surface area is 119 Å². The highest BCUT2D eigenvalue weighted by Gasteiger charge is 2.09. The molecule has 19 heavy (non-hydrogen) atoms. The van der Waals surface area contributed by atoms with Crippen LogP contribution in [-0.4, -0.2) is 22.7 Å². The Morgan fingerprint density at radius 2 is 1.89 bits per heavy atom. The topological polar surface area (TPSA) is 46.2 Å². The second-order valence-corrected chi connectivity index (χ2v) is 6.34. The van der Waals surface area contributed by atoms with E-state index >= 15 is 0 Å². The first kappa shape index (κ1) is 14.4. The lowest BCUT2D eigenvalue weighted by Crippen LogP contribution is -2.15. The smallest absolute Gasteiger partial charge is 0.0441 e. The lowest BCUT2D eigenvalue weighted by molar-refractivity contribution is 0.289. The molecule has 0 aliphatic heterocycles. The number of thioether (sulfide) groups is 1. The first-order chi connectivity index (χ1) is 9.20.